The second-order valence-electron chi connectivity index (χ2n) is 5.60. The number of nitrogens with zero attached hydrogens (tertiary/aromatic N) is 1. The second-order valence-corrected chi connectivity index (χ2v) is 7.16. The largest absolute Gasteiger partial charge is 0.383 e. The van der Waals surface area contributed by atoms with Crippen molar-refractivity contribution in [2.75, 3.05) is 17.2 Å². The molecule has 0 aliphatic rings. The van der Waals surface area contributed by atoms with Gasteiger partial charge in [-0.15, -0.1) is 0 Å². The van der Waals surface area contributed by atoms with Crippen molar-refractivity contribution in [2.24, 2.45) is 5.14 Å². The average molecular weight is 362 g/mol. The Labute approximate surface area is 147 Å². The van der Waals surface area contributed by atoms with Gasteiger partial charge in [0.15, 0.2) is 0 Å². The van der Waals surface area contributed by atoms with Crippen LogP contribution in [0.3, 0.4) is 0 Å². The van der Waals surface area contributed by atoms with Gasteiger partial charge in [0.2, 0.25) is 15.9 Å². The molecule has 1 amide bonds. The summed E-state index contributed by atoms with van der Waals surface area (Å²) in [4.78, 5) is 15.8. The Morgan fingerprint density at radius 2 is 1.88 bits per heavy atom. The number of aromatic nitrogens is 1. The first-order valence-corrected chi connectivity index (χ1v) is 9.54. The number of rotatable bonds is 8. The van der Waals surface area contributed by atoms with Crippen molar-refractivity contribution in [1.82, 2.24) is 4.98 Å². The number of amides is 1. The fraction of sp³-hybridized carbons (Fsp3) is 0.294. The van der Waals surface area contributed by atoms with Crippen molar-refractivity contribution in [3.05, 3.63) is 48.2 Å². The third-order valence-corrected chi connectivity index (χ3v) is 4.43. The highest BCUT2D eigenvalue weighted by Gasteiger charge is 2.06. The van der Waals surface area contributed by atoms with E-state index in [1.54, 1.807) is 24.4 Å². The number of anilines is 2. The fourth-order valence-electron chi connectivity index (χ4n) is 2.20. The number of benzene rings is 1. The average Bonchev–Trinajstić information content (AvgIpc) is 2.56. The summed E-state index contributed by atoms with van der Waals surface area (Å²) in [6.07, 6.45) is 3.65. The Balaban J connectivity index is 1.82. The summed E-state index contributed by atoms with van der Waals surface area (Å²) in [5.41, 5.74) is 1.84. The lowest BCUT2D eigenvalue weighted by atomic mass is 10.1. The van der Waals surface area contributed by atoms with Crippen LogP contribution in [-0.4, -0.2) is 25.9 Å². The Kier molecular flexibility index (Phi) is 6.49. The lowest BCUT2D eigenvalue weighted by Gasteiger charge is -2.08. The molecule has 2 rings (SSSR count). The predicted molar refractivity (Wildman–Crippen MR) is 97.8 cm³/mol. The molecule has 0 saturated carbocycles. The molecule has 0 radical (unpaired) electrons. The number of nitrogens with two attached hydrogens (primary N) is 1. The van der Waals surface area contributed by atoms with Gasteiger partial charge in [-0.25, -0.2) is 18.5 Å². The summed E-state index contributed by atoms with van der Waals surface area (Å²) in [6.45, 7) is 2.61. The van der Waals surface area contributed by atoms with Crippen LogP contribution < -0.4 is 15.8 Å². The van der Waals surface area contributed by atoms with Crippen molar-refractivity contribution < 1.29 is 13.2 Å². The third kappa shape index (κ3) is 6.17. The van der Waals surface area contributed by atoms with Crippen LogP contribution in [0.15, 0.2) is 47.5 Å². The molecule has 0 fully saturated rings. The Morgan fingerprint density at radius 1 is 1.16 bits per heavy atom. The molecule has 134 valence electrons. The van der Waals surface area contributed by atoms with Crippen LogP contribution in [0.4, 0.5) is 11.5 Å². The van der Waals surface area contributed by atoms with E-state index in [0.717, 1.165) is 24.1 Å². The van der Waals surface area contributed by atoms with Crippen LogP contribution in [-0.2, 0) is 21.2 Å². The highest BCUT2D eigenvalue weighted by atomic mass is 32.2. The van der Waals surface area contributed by atoms with Gasteiger partial charge in [0, 0.05) is 13.0 Å². The van der Waals surface area contributed by atoms with E-state index in [2.05, 4.69) is 15.6 Å². The first kappa shape index (κ1) is 18.9. The zero-order chi connectivity index (χ0) is 18.3. The molecule has 0 spiro atoms. The minimum absolute atomic E-state index is 0.0429. The molecule has 0 bridgehead atoms. The van der Waals surface area contributed by atoms with E-state index >= 15 is 0 Å². The summed E-state index contributed by atoms with van der Waals surface area (Å²) in [5.74, 6) is 0.487. The lowest BCUT2D eigenvalue weighted by molar-refractivity contribution is -0.116. The van der Waals surface area contributed by atoms with Gasteiger partial charge >= 0.3 is 0 Å². The van der Waals surface area contributed by atoms with Crippen molar-refractivity contribution in [2.45, 2.75) is 31.1 Å². The van der Waals surface area contributed by atoms with Crippen LogP contribution >= 0.6 is 0 Å². The number of primary sulfonamides is 1. The molecule has 25 heavy (non-hydrogen) atoms. The zero-order valence-electron chi connectivity index (χ0n) is 14.0. The minimum atomic E-state index is -3.65. The molecule has 1 aromatic carbocycles. The maximum Gasteiger partial charge on any atom is 0.238 e. The molecular formula is C17H22N4O3S. The number of pyridine rings is 1. The molecule has 1 heterocycles. The van der Waals surface area contributed by atoms with E-state index in [4.69, 9.17) is 5.14 Å². The first-order chi connectivity index (χ1) is 11.9. The van der Waals surface area contributed by atoms with Crippen LogP contribution in [0.1, 0.15) is 25.3 Å². The van der Waals surface area contributed by atoms with Crippen LogP contribution in [0.5, 0.6) is 0 Å². The number of carbonyl (C=O) groups excluding carboxylic acids is 1. The molecule has 0 unspecified atom stereocenters. The Bertz CT molecular complexity index is 803. The molecule has 1 aromatic heterocycles. The molecule has 2 aromatic rings. The molecule has 4 N–H and O–H groups in total. The molecule has 0 saturated heterocycles. The van der Waals surface area contributed by atoms with Crippen LogP contribution in [0, 0.1) is 0 Å². The molecule has 0 aliphatic carbocycles. The summed E-state index contributed by atoms with van der Waals surface area (Å²) in [7, 11) is -3.65. The summed E-state index contributed by atoms with van der Waals surface area (Å²) in [5, 5.41) is 11.0. The lowest BCUT2D eigenvalue weighted by Crippen LogP contribution is -2.12. The highest BCUT2D eigenvalue weighted by Crippen LogP contribution is 2.12. The normalized spacial score (nSPS) is 11.1. The van der Waals surface area contributed by atoms with Crippen molar-refractivity contribution >= 4 is 27.4 Å². The van der Waals surface area contributed by atoms with E-state index < -0.39 is 10.0 Å². The van der Waals surface area contributed by atoms with Gasteiger partial charge in [0.05, 0.1) is 16.8 Å². The van der Waals surface area contributed by atoms with Crippen LogP contribution in [0.2, 0.25) is 0 Å². The van der Waals surface area contributed by atoms with Crippen molar-refractivity contribution in [3.8, 4) is 0 Å². The highest BCUT2D eigenvalue weighted by molar-refractivity contribution is 7.89. The Morgan fingerprint density at radius 3 is 2.44 bits per heavy atom. The van der Waals surface area contributed by atoms with E-state index in [-0.39, 0.29) is 10.8 Å². The fourth-order valence-corrected chi connectivity index (χ4v) is 2.72. The summed E-state index contributed by atoms with van der Waals surface area (Å²) in [6, 6.07) is 10.1. The standard InChI is InChI=1S/C17H22N4O3S/c1-2-3-17(22)21-16-9-6-14(12-20-16)19-11-10-13-4-7-15(8-5-13)25(18,23)24/h4-9,12,19H,2-3,10-11H2,1H3,(H2,18,23,24)(H,20,21,22). The SMILES string of the molecule is CCCC(=O)Nc1ccc(NCCc2ccc(S(N)(=O)=O)cc2)cn1. The quantitative estimate of drug-likeness (QED) is 0.665. The van der Waals surface area contributed by atoms with Gasteiger partial charge in [-0.3, -0.25) is 4.79 Å². The molecular weight excluding hydrogens is 340 g/mol. The Hall–Kier alpha value is -2.45. The van der Waals surface area contributed by atoms with Gasteiger partial charge in [-0.2, -0.15) is 0 Å². The second kappa shape index (κ2) is 8.59. The van der Waals surface area contributed by atoms with Gasteiger partial charge in [0.25, 0.3) is 0 Å². The van der Waals surface area contributed by atoms with Gasteiger partial charge in [-0.05, 0) is 42.7 Å². The maximum absolute atomic E-state index is 11.5. The minimum Gasteiger partial charge on any atom is -0.383 e. The molecule has 7 nitrogen and oxygen atoms in total. The number of hydrogen-bond donors (Lipinski definition) is 3. The predicted octanol–water partition coefficient (Wildman–Crippen LogP) is 2.12. The zero-order valence-corrected chi connectivity index (χ0v) is 14.8. The van der Waals surface area contributed by atoms with Crippen molar-refractivity contribution in [1.29, 1.82) is 0 Å². The molecule has 8 heteroatoms. The van der Waals surface area contributed by atoms with Crippen molar-refractivity contribution in [3.63, 3.8) is 0 Å². The third-order valence-electron chi connectivity index (χ3n) is 3.50. The van der Waals surface area contributed by atoms with E-state index in [9.17, 15) is 13.2 Å². The summed E-state index contributed by atoms with van der Waals surface area (Å²) < 4.78 is 22.4. The van der Waals surface area contributed by atoms with Gasteiger partial charge in [-0.1, -0.05) is 19.1 Å². The summed E-state index contributed by atoms with van der Waals surface area (Å²) >= 11 is 0. The smallest absolute Gasteiger partial charge is 0.238 e. The van der Waals surface area contributed by atoms with E-state index in [0.29, 0.717) is 18.8 Å². The number of hydrogen-bond acceptors (Lipinski definition) is 5. The number of sulfonamides is 1. The van der Waals surface area contributed by atoms with Gasteiger partial charge < -0.3 is 10.6 Å². The number of carbonyl (C=O) groups is 1. The topological polar surface area (TPSA) is 114 Å². The van der Waals surface area contributed by atoms with E-state index in [1.165, 1.54) is 12.1 Å². The van der Waals surface area contributed by atoms with Gasteiger partial charge in [0.1, 0.15) is 5.82 Å². The van der Waals surface area contributed by atoms with E-state index in [1.807, 2.05) is 13.0 Å². The molecule has 0 atom stereocenters. The maximum atomic E-state index is 11.5. The monoisotopic (exact) mass is 362 g/mol. The number of nitrogens with one attached hydrogen (secondary N) is 2. The van der Waals surface area contributed by atoms with Crippen LogP contribution in [0.25, 0.3) is 0 Å². The first-order valence-electron chi connectivity index (χ1n) is 8.00. The molecule has 0 aliphatic heterocycles.